The predicted molar refractivity (Wildman–Crippen MR) is 105 cm³/mol. The second kappa shape index (κ2) is 11.7. The van der Waals surface area contributed by atoms with Gasteiger partial charge >= 0.3 is 5.97 Å². The van der Waals surface area contributed by atoms with Crippen LogP contribution in [0.15, 0.2) is 0 Å². The van der Waals surface area contributed by atoms with Crippen molar-refractivity contribution in [1.29, 1.82) is 0 Å². The fourth-order valence-electron chi connectivity index (χ4n) is 3.45. The minimum Gasteiger partial charge on any atom is -0.460 e. The van der Waals surface area contributed by atoms with Gasteiger partial charge in [-0.15, -0.1) is 0 Å². The van der Waals surface area contributed by atoms with E-state index in [9.17, 15) is 23.6 Å². The molecule has 0 aromatic heterocycles. The lowest BCUT2D eigenvalue weighted by Gasteiger charge is -2.29. The van der Waals surface area contributed by atoms with E-state index < -0.39 is 41.9 Å². The van der Waals surface area contributed by atoms with E-state index in [1.165, 1.54) is 0 Å². The average molecular weight is 416 g/mol. The summed E-state index contributed by atoms with van der Waals surface area (Å²) in [6.45, 7) is 3.68. The van der Waals surface area contributed by atoms with Gasteiger partial charge in [0.1, 0.15) is 5.60 Å². The molecule has 166 valence electrons. The summed E-state index contributed by atoms with van der Waals surface area (Å²) < 4.78 is 18.2. The molecule has 0 aromatic rings. The third-order valence-electron chi connectivity index (χ3n) is 4.79. The summed E-state index contributed by atoms with van der Waals surface area (Å²) in [6.07, 6.45) is 5.41. The molecule has 9 heteroatoms. The van der Waals surface area contributed by atoms with Crippen LogP contribution in [0.5, 0.6) is 0 Å². The maximum atomic E-state index is 12.8. The molecule has 1 rings (SSSR count). The standard InChI is InChI=1S/C20H34FN3O5/c1-20(2,3)29-18(27)12-15(11-14-7-5-4-6-8-14)19(28)23-24(17(26)13-21)10-9-16(22)25/h14-15H,4-13H2,1-3H3,(H2,22,25)(H,23,28)/t15-/m1/s1. The van der Waals surface area contributed by atoms with Crippen molar-refractivity contribution in [2.24, 2.45) is 17.6 Å². The first kappa shape index (κ1) is 24.8. The smallest absolute Gasteiger partial charge is 0.307 e. The SMILES string of the molecule is CC(C)(C)OC(=O)C[C@@H](CC1CCCCC1)C(=O)NN(CCC(N)=O)C(=O)CF. The molecule has 0 aliphatic heterocycles. The normalized spacial score (nSPS) is 16.0. The summed E-state index contributed by atoms with van der Waals surface area (Å²) >= 11 is 0. The molecule has 0 spiro atoms. The molecule has 0 aromatic carbocycles. The zero-order valence-corrected chi connectivity index (χ0v) is 17.7. The number of amides is 3. The van der Waals surface area contributed by atoms with Gasteiger partial charge in [0.2, 0.25) is 11.8 Å². The molecule has 1 atom stereocenters. The minimum absolute atomic E-state index is 0.132. The summed E-state index contributed by atoms with van der Waals surface area (Å²) in [5, 5.41) is 0.760. The zero-order valence-electron chi connectivity index (χ0n) is 17.7. The monoisotopic (exact) mass is 415 g/mol. The number of hydrogen-bond donors (Lipinski definition) is 2. The van der Waals surface area contributed by atoms with Crippen LogP contribution < -0.4 is 11.2 Å². The van der Waals surface area contributed by atoms with E-state index in [2.05, 4.69) is 5.43 Å². The van der Waals surface area contributed by atoms with Gasteiger partial charge in [0.05, 0.1) is 18.9 Å². The lowest BCUT2D eigenvalue weighted by molar-refractivity contribution is -0.158. The molecular formula is C20H34FN3O5. The summed E-state index contributed by atoms with van der Waals surface area (Å²) in [5.41, 5.74) is 6.77. The summed E-state index contributed by atoms with van der Waals surface area (Å²) in [7, 11) is 0. The minimum atomic E-state index is -1.32. The number of hydrogen-bond acceptors (Lipinski definition) is 5. The van der Waals surface area contributed by atoms with E-state index in [0.717, 1.165) is 37.1 Å². The average Bonchev–Trinajstić information content (AvgIpc) is 2.62. The van der Waals surface area contributed by atoms with Gasteiger partial charge < -0.3 is 10.5 Å². The second-order valence-electron chi connectivity index (χ2n) is 8.60. The summed E-state index contributed by atoms with van der Waals surface area (Å²) in [5.74, 6) is -3.13. The summed E-state index contributed by atoms with van der Waals surface area (Å²) in [4.78, 5) is 47.9. The van der Waals surface area contributed by atoms with Crippen molar-refractivity contribution < 1.29 is 28.3 Å². The van der Waals surface area contributed by atoms with Crippen LogP contribution in [-0.2, 0) is 23.9 Å². The molecule has 3 N–H and O–H groups in total. The number of hydrazine groups is 1. The number of esters is 1. The number of nitrogens with zero attached hydrogens (tertiary/aromatic N) is 1. The Morgan fingerprint density at radius 3 is 2.31 bits per heavy atom. The van der Waals surface area contributed by atoms with Gasteiger partial charge in [-0.1, -0.05) is 32.1 Å². The van der Waals surface area contributed by atoms with E-state index in [0.29, 0.717) is 12.3 Å². The quantitative estimate of drug-likeness (QED) is 0.441. The van der Waals surface area contributed by atoms with Crippen LogP contribution in [0.1, 0.15) is 72.1 Å². The molecule has 0 unspecified atom stereocenters. The molecule has 0 heterocycles. The van der Waals surface area contributed by atoms with Crippen molar-refractivity contribution in [3.8, 4) is 0 Å². The van der Waals surface area contributed by atoms with E-state index in [1.807, 2.05) is 0 Å². The van der Waals surface area contributed by atoms with E-state index >= 15 is 0 Å². The third-order valence-corrected chi connectivity index (χ3v) is 4.79. The van der Waals surface area contributed by atoms with Crippen LogP contribution in [0.2, 0.25) is 0 Å². The lowest BCUT2D eigenvalue weighted by Crippen LogP contribution is -2.50. The maximum absolute atomic E-state index is 12.8. The molecule has 0 radical (unpaired) electrons. The Bertz CT molecular complexity index is 585. The van der Waals surface area contributed by atoms with E-state index in [4.69, 9.17) is 10.5 Å². The Labute approximate surface area is 171 Å². The van der Waals surface area contributed by atoms with Gasteiger partial charge in [0, 0.05) is 6.42 Å². The van der Waals surface area contributed by atoms with Crippen LogP contribution in [-0.4, -0.2) is 47.5 Å². The zero-order chi connectivity index (χ0) is 22.0. The van der Waals surface area contributed by atoms with Gasteiger partial charge in [0.25, 0.3) is 5.91 Å². The molecule has 1 fully saturated rings. The van der Waals surface area contributed by atoms with Crippen molar-refractivity contribution in [3.63, 3.8) is 0 Å². The highest BCUT2D eigenvalue weighted by molar-refractivity contribution is 5.87. The highest BCUT2D eigenvalue weighted by Gasteiger charge is 2.30. The van der Waals surface area contributed by atoms with E-state index in [-0.39, 0.29) is 19.4 Å². The van der Waals surface area contributed by atoms with Crippen molar-refractivity contribution in [2.75, 3.05) is 13.2 Å². The number of nitrogens with two attached hydrogens (primary N) is 1. The van der Waals surface area contributed by atoms with Gasteiger partial charge in [-0.3, -0.25) is 29.6 Å². The Morgan fingerprint density at radius 1 is 1.17 bits per heavy atom. The van der Waals surface area contributed by atoms with Crippen molar-refractivity contribution in [1.82, 2.24) is 10.4 Å². The molecule has 1 aliphatic rings. The van der Waals surface area contributed by atoms with Crippen molar-refractivity contribution in [3.05, 3.63) is 0 Å². The molecule has 0 saturated heterocycles. The molecule has 29 heavy (non-hydrogen) atoms. The number of carbonyl (C=O) groups is 4. The van der Waals surface area contributed by atoms with Gasteiger partial charge in [-0.25, -0.2) is 4.39 Å². The van der Waals surface area contributed by atoms with Crippen LogP contribution in [0.25, 0.3) is 0 Å². The van der Waals surface area contributed by atoms with Crippen molar-refractivity contribution >= 4 is 23.7 Å². The second-order valence-corrected chi connectivity index (χ2v) is 8.60. The molecule has 0 bridgehead atoms. The van der Waals surface area contributed by atoms with Gasteiger partial charge in [-0.05, 0) is 33.1 Å². The maximum Gasteiger partial charge on any atom is 0.307 e. The van der Waals surface area contributed by atoms with E-state index in [1.54, 1.807) is 20.8 Å². The number of nitrogens with one attached hydrogen (secondary N) is 1. The summed E-state index contributed by atoms with van der Waals surface area (Å²) in [6, 6.07) is 0. The number of rotatable bonds is 9. The molecule has 1 aliphatic carbocycles. The van der Waals surface area contributed by atoms with Gasteiger partial charge in [0.15, 0.2) is 6.67 Å². The fraction of sp³-hybridized carbons (Fsp3) is 0.800. The molecule has 3 amide bonds. The third kappa shape index (κ3) is 10.2. The van der Waals surface area contributed by atoms with Gasteiger partial charge in [-0.2, -0.15) is 0 Å². The number of carbonyl (C=O) groups excluding carboxylic acids is 4. The molecule has 8 nitrogen and oxygen atoms in total. The highest BCUT2D eigenvalue weighted by Crippen LogP contribution is 2.30. The fourth-order valence-corrected chi connectivity index (χ4v) is 3.45. The topological polar surface area (TPSA) is 119 Å². The number of halogens is 1. The first-order valence-electron chi connectivity index (χ1n) is 10.2. The Kier molecular flexibility index (Phi) is 10.0. The number of alkyl halides is 1. The Balaban J connectivity index is 2.86. The Morgan fingerprint density at radius 2 is 1.79 bits per heavy atom. The van der Waals surface area contributed by atoms with Crippen LogP contribution in [0.3, 0.4) is 0 Å². The highest BCUT2D eigenvalue weighted by atomic mass is 19.1. The van der Waals surface area contributed by atoms with Crippen LogP contribution in [0.4, 0.5) is 4.39 Å². The number of ether oxygens (including phenoxy) is 1. The first-order valence-corrected chi connectivity index (χ1v) is 10.2. The number of primary amides is 1. The first-order chi connectivity index (χ1) is 13.5. The van der Waals surface area contributed by atoms with Crippen LogP contribution in [0, 0.1) is 11.8 Å². The predicted octanol–water partition coefficient (Wildman–Crippen LogP) is 2.01. The molecule has 1 saturated carbocycles. The largest absolute Gasteiger partial charge is 0.460 e. The van der Waals surface area contributed by atoms with Crippen LogP contribution >= 0.6 is 0 Å². The lowest BCUT2D eigenvalue weighted by atomic mass is 9.81. The molecular weight excluding hydrogens is 381 g/mol. The van der Waals surface area contributed by atoms with Crippen molar-refractivity contribution in [2.45, 2.75) is 77.7 Å². The Hall–Kier alpha value is -2.19.